The minimum atomic E-state index is -0.750. The lowest BCUT2D eigenvalue weighted by Crippen LogP contribution is -2.62. The number of amides is 3. The molecule has 1 saturated heterocycles. The zero-order valence-electron chi connectivity index (χ0n) is 12.5. The Labute approximate surface area is 124 Å². The number of nitrogens with one attached hydrogen (secondary N) is 2. The highest BCUT2D eigenvalue weighted by Crippen LogP contribution is 2.33. The molecule has 2 rings (SSSR count). The van der Waals surface area contributed by atoms with Crippen molar-refractivity contribution in [1.82, 2.24) is 10.6 Å². The van der Waals surface area contributed by atoms with Crippen LogP contribution in [0, 0.1) is 5.41 Å². The van der Waals surface area contributed by atoms with Gasteiger partial charge in [-0.15, -0.1) is 0 Å². The maximum atomic E-state index is 12.4. The second-order valence-corrected chi connectivity index (χ2v) is 5.24. The zero-order valence-corrected chi connectivity index (χ0v) is 12.5. The van der Waals surface area contributed by atoms with E-state index < -0.39 is 11.4 Å². The summed E-state index contributed by atoms with van der Waals surface area (Å²) in [5, 5.41) is 5.10. The lowest BCUT2D eigenvalue weighted by Gasteiger charge is -2.36. The quantitative estimate of drug-likeness (QED) is 0.873. The molecule has 0 spiro atoms. The Balaban J connectivity index is 2.43. The Morgan fingerprint density at radius 2 is 1.81 bits per heavy atom. The number of amidine groups is 1. The van der Waals surface area contributed by atoms with Gasteiger partial charge in [-0.05, 0) is 25.0 Å². The Morgan fingerprint density at radius 3 is 2.43 bits per heavy atom. The van der Waals surface area contributed by atoms with Gasteiger partial charge in [-0.25, -0.2) is 9.79 Å². The van der Waals surface area contributed by atoms with E-state index in [1.165, 1.54) is 0 Å². The molecule has 1 aliphatic heterocycles. The van der Waals surface area contributed by atoms with Crippen molar-refractivity contribution < 1.29 is 9.59 Å². The lowest BCUT2D eigenvalue weighted by molar-refractivity contribution is -0.127. The highest BCUT2D eigenvalue weighted by atomic mass is 16.2. The van der Waals surface area contributed by atoms with Crippen molar-refractivity contribution in [3.63, 3.8) is 0 Å². The Kier molecular flexibility index (Phi) is 4.73. The molecule has 0 bridgehead atoms. The second kappa shape index (κ2) is 6.52. The van der Waals surface area contributed by atoms with Gasteiger partial charge in [-0.3, -0.25) is 15.4 Å². The molecule has 112 valence electrons. The first-order valence-corrected chi connectivity index (χ1v) is 7.39. The van der Waals surface area contributed by atoms with Crippen molar-refractivity contribution in [3.05, 3.63) is 30.3 Å². The van der Waals surface area contributed by atoms with E-state index in [1.54, 1.807) is 0 Å². The van der Waals surface area contributed by atoms with Crippen molar-refractivity contribution in [2.45, 2.75) is 39.5 Å². The first-order chi connectivity index (χ1) is 10.1. The molecule has 2 N–H and O–H groups in total. The molecule has 1 fully saturated rings. The Morgan fingerprint density at radius 1 is 1.10 bits per heavy atom. The molecular weight excluding hydrogens is 266 g/mol. The van der Waals surface area contributed by atoms with Gasteiger partial charge in [0, 0.05) is 0 Å². The van der Waals surface area contributed by atoms with Crippen LogP contribution in [0.5, 0.6) is 0 Å². The molecular formula is C16H21N3O2. The molecule has 21 heavy (non-hydrogen) atoms. The van der Waals surface area contributed by atoms with E-state index in [2.05, 4.69) is 22.5 Å². The maximum Gasteiger partial charge on any atom is 0.326 e. The normalized spacial score (nSPS) is 23.8. The molecule has 1 aliphatic rings. The van der Waals surface area contributed by atoms with Crippen molar-refractivity contribution >= 4 is 23.5 Å². The topological polar surface area (TPSA) is 70.6 Å². The predicted octanol–water partition coefficient (Wildman–Crippen LogP) is 3.14. The van der Waals surface area contributed by atoms with Gasteiger partial charge in [-0.1, -0.05) is 44.9 Å². The summed E-state index contributed by atoms with van der Waals surface area (Å²) in [5.74, 6) is 0.204. The summed E-state index contributed by atoms with van der Waals surface area (Å²) in [6.07, 6.45) is 3.18. The number of unbranched alkanes of at least 4 members (excludes halogenated alkanes) is 1. The van der Waals surface area contributed by atoms with Gasteiger partial charge >= 0.3 is 6.03 Å². The minimum Gasteiger partial charge on any atom is -0.295 e. The summed E-state index contributed by atoms with van der Waals surface area (Å²) in [7, 11) is 0. The van der Waals surface area contributed by atoms with Crippen LogP contribution in [0.3, 0.4) is 0 Å². The highest BCUT2D eigenvalue weighted by Gasteiger charge is 2.46. The average molecular weight is 287 g/mol. The number of urea groups is 1. The third-order valence-electron chi connectivity index (χ3n) is 3.90. The monoisotopic (exact) mass is 287 g/mol. The van der Waals surface area contributed by atoms with Gasteiger partial charge < -0.3 is 0 Å². The summed E-state index contributed by atoms with van der Waals surface area (Å²) >= 11 is 0. The van der Waals surface area contributed by atoms with Gasteiger partial charge in [0.05, 0.1) is 5.69 Å². The zero-order chi connectivity index (χ0) is 15.3. The Hall–Kier alpha value is -2.17. The summed E-state index contributed by atoms with van der Waals surface area (Å²) in [5.41, 5.74) is -0.0171. The summed E-state index contributed by atoms with van der Waals surface area (Å²) in [4.78, 5) is 28.6. The highest BCUT2D eigenvalue weighted by molar-refractivity contribution is 6.21. The fourth-order valence-corrected chi connectivity index (χ4v) is 2.57. The van der Waals surface area contributed by atoms with Crippen LogP contribution in [0.15, 0.2) is 35.3 Å². The molecule has 0 aliphatic carbocycles. The number of imide groups is 1. The number of carbonyl (C=O) groups is 2. The van der Waals surface area contributed by atoms with Crippen LogP contribution in [0.2, 0.25) is 0 Å². The standard InChI is InChI=1S/C16H21N3O2/c1-3-5-11-16(4-2)13(18-15(21)19-14(16)20)17-12-9-7-6-8-10-12/h6-10H,3-5,11H2,1-2H3,(H2,17,18,19,20,21). The van der Waals surface area contributed by atoms with Crippen molar-refractivity contribution in [2.75, 3.05) is 0 Å². The largest absolute Gasteiger partial charge is 0.326 e. The Bertz CT molecular complexity index is 554. The van der Waals surface area contributed by atoms with Gasteiger partial charge in [0.15, 0.2) is 0 Å². The van der Waals surface area contributed by atoms with E-state index >= 15 is 0 Å². The minimum absolute atomic E-state index is 0.253. The van der Waals surface area contributed by atoms with Gasteiger partial charge in [0.2, 0.25) is 5.91 Å². The SMILES string of the molecule is CCCCC1(CC)C(=O)NC(=O)NC1=Nc1ccccc1. The van der Waals surface area contributed by atoms with E-state index in [0.717, 1.165) is 18.5 Å². The molecule has 5 nitrogen and oxygen atoms in total. The number of hydrogen-bond acceptors (Lipinski definition) is 3. The molecule has 0 radical (unpaired) electrons. The van der Waals surface area contributed by atoms with Crippen LogP contribution in [0.1, 0.15) is 39.5 Å². The van der Waals surface area contributed by atoms with E-state index in [4.69, 9.17) is 0 Å². The first-order valence-electron chi connectivity index (χ1n) is 7.39. The number of hydrogen-bond donors (Lipinski definition) is 2. The van der Waals surface area contributed by atoms with Crippen LogP contribution in [-0.2, 0) is 4.79 Å². The maximum absolute atomic E-state index is 12.4. The first kappa shape index (κ1) is 15.2. The van der Waals surface area contributed by atoms with Crippen LogP contribution in [0.25, 0.3) is 0 Å². The van der Waals surface area contributed by atoms with Gasteiger partial charge in [0.1, 0.15) is 11.3 Å². The van der Waals surface area contributed by atoms with Crippen LogP contribution in [0.4, 0.5) is 10.5 Å². The lowest BCUT2D eigenvalue weighted by atomic mass is 9.76. The average Bonchev–Trinajstić information content (AvgIpc) is 2.48. The fourth-order valence-electron chi connectivity index (χ4n) is 2.57. The number of rotatable bonds is 5. The molecule has 1 aromatic carbocycles. The van der Waals surface area contributed by atoms with Crippen LogP contribution in [-0.4, -0.2) is 17.8 Å². The number of carbonyl (C=O) groups excluding carboxylic acids is 2. The molecule has 5 heteroatoms. The third-order valence-corrected chi connectivity index (χ3v) is 3.90. The fraction of sp³-hybridized carbons (Fsp3) is 0.438. The number of benzene rings is 1. The van der Waals surface area contributed by atoms with Crippen LogP contribution < -0.4 is 10.6 Å². The smallest absolute Gasteiger partial charge is 0.295 e. The van der Waals surface area contributed by atoms with Gasteiger partial charge in [-0.2, -0.15) is 0 Å². The van der Waals surface area contributed by atoms with Crippen molar-refractivity contribution in [2.24, 2.45) is 10.4 Å². The number of para-hydroxylation sites is 1. The molecule has 0 aromatic heterocycles. The third kappa shape index (κ3) is 3.12. The van der Waals surface area contributed by atoms with E-state index in [0.29, 0.717) is 18.7 Å². The van der Waals surface area contributed by atoms with Gasteiger partial charge in [0.25, 0.3) is 0 Å². The second-order valence-electron chi connectivity index (χ2n) is 5.24. The summed E-state index contributed by atoms with van der Waals surface area (Å²) < 4.78 is 0. The van der Waals surface area contributed by atoms with E-state index in [1.807, 2.05) is 37.3 Å². The summed E-state index contributed by atoms with van der Waals surface area (Å²) in [6, 6.07) is 8.86. The number of aliphatic imine (C=N–C) groups is 1. The molecule has 1 heterocycles. The van der Waals surface area contributed by atoms with Crippen molar-refractivity contribution in [1.29, 1.82) is 0 Å². The van der Waals surface area contributed by atoms with E-state index in [9.17, 15) is 9.59 Å². The van der Waals surface area contributed by atoms with Crippen LogP contribution >= 0.6 is 0 Å². The molecule has 1 unspecified atom stereocenters. The van der Waals surface area contributed by atoms with Crippen molar-refractivity contribution in [3.8, 4) is 0 Å². The summed E-state index contributed by atoms with van der Waals surface area (Å²) in [6.45, 7) is 4.03. The molecule has 3 amide bonds. The number of nitrogens with zero attached hydrogens (tertiary/aromatic N) is 1. The predicted molar refractivity (Wildman–Crippen MR) is 82.5 cm³/mol. The molecule has 0 saturated carbocycles. The molecule has 1 aromatic rings. The molecule has 1 atom stereocenters. The van der Waals surface area contributed by atoms with E-state index in [-0.39, 0.29) is 5.91 Å².